The van der Waals surface area contributed by atoms with Crippen molar-refractivity contribution in [2.75, 3.05) is 10.6 Å². The fourth-order valence-electron chi connectivity index (χ4n) is 6.72. The van der Waals surface area contributed by atoms with Crippen LogP contribution in [-0.2, 0) is 16.0 Å². The van der Waals surface area contributed by atoms with E-state index in [0.29, 0.717) is 32.5 Å². The minimum atomic E-state index is -1.70. The van der Waals surface area contributed by atoms with E-state index in [2.05, 4.69) is 63.8 Å². The third kappa shape index (κ3) is 5.80. The van der Waals surface area contributed by atoms with Gasteiger partial charge in [0.05, 0.1) is 5.41 Å². The van der Waals surface area contributed by atoms with E-state index in [1.165, 1.54) is 10.0 Å². The molecule has 3 aromatic rings. The number of urea groups is 2. The van der Waals surface area contributed by atoms with E-state index in [0.717, 1.165) is 0 Å². The zero-order valence-corrected chi connectivity index (χ0v) is 28.0. The normalized spacial score (nSPS) is 25.6. The number of Topliss-reactive ketones (excluding diaryl/α,β-unsaturated/α-hetero) is 1. The lowest BCUT2D eigenvalue weighted by atomic mass is 9.69. The minimum absolute atomic E-state index is 0.0164. The van der Waals surface area contributed by atoms with Crippen LogP contribution in [0.15, 0.2) is 83.0 Å². The molecule has 3 aromatic carbocycles. The van der Waals surface area contributed by atoms with Gasteiger partial charge >= 0.3 is 12.1 Å². The lowest BCUT2D eigenvalue weighted by Crippen LogP contribution is -2.80. The fraction of sp³-hybridized carbons (Fsp3) is 0.194. The topological polar surface area (TPSA) is 237 Å². The van der Waals surface area contributed by atoms with E-state index in [-0.39, 0.29) is 18.3 Å². The number of carbonyl (C=O) groups excluding carboxylic acids is 5. The molecule has 0 saturated carbocycles. The van der Waals surface area contributed by atoms with Gasteiger partial charge in [-0.05, 0) is 60.5 Å². The Morgan fingerprint density at radius 2 is 1.13 bits per heavy atom. The first kappa shape index (κ1) is 33.0. The maximum absolute atomic E-state index is 14.5. The number of guanidine groups is 2. The van der Waals surface area contributed by atoms with Crippen LogP contribution in [0.25, 0.3) is 0 Å². The maximum Gasteiger partial charge on any atom is 0.326 e. The van der Waals surface area contributed by atoms with Crippen molar-refractivity contribution < 1.29 is 24.0 Å². The van der Waals surface area contributed by atoms with Gasteiger partial charge in [-0.2, -0.15) is 0 Å². The molecule has 4 aliphatic heterocycles. The number of amides is 6. The molecule has 0 aromatic heterocycles. The Morgan fingerprint density at radius 3 is 1.60 bits per heavy atom. The summed E-state index contributed by atoms with van der Waals surface area (Å²) in [5.74, 6) is -1.85. The van der Waals surface area contributed by atoms with Crippen molar-refractivity contribution in [2.45, 2.75) is 31.1 Å². The molecule has 0 bridgehead atoms. The highest BCUT2D eigenvalue weighted by molar-refractivity contribution is 6.31. The minimum Gasteiger partial charge on any atom is -0.308 e. The largest absolute Gasteiger partial charge is 0.326 e. The van der Waals surface area contributed by atoms with Gasteiger partial charge in [-0.25, -0.2) is 19.6 Å². The number of hydrogen-bond acceptors (Lipinski definition) is 13. The zero-order valence-electron chi connectivity index (χ0n) is 26.5. The molecule has 0 radical (unpaired) electrons. The highest BCUT2D eigenvalue weighted by Gasteiger charge is 2.64. The smallest absolute Gasteiger partial charge is 0.308 e. The Bertz CT molecular complexity index is 1950. The molecule has 2 saturated heterocycles. The molecule has 19 nitrogen and oxygen atoms in total. The van der Waals surface area contributed by atoms with Crippen LogP contribution < -0.4 is 53.6 Å². The zero-order chi connectivity index (χ0) is 36.1. The average molecular weight is 748 g/mol. The average Bonchev–Trinajstić information content (AvgIpc) is 3.79. The number of ketones is 1. The fourth-order valence-corrected chi connectivity index (χ4v) is 6.97. The Balaban J connectivity index is 0.993. The van der Waals surface area contributed by atoms with Crippen LogP contribution in [0.3, 0.4) is 0 Å². The Hall–Kier alpha value is -6.15. The van der Waals surface area contributed by atoms with Gasteiger partial charge in [0, 0.05) is 27.0 Å². The third-order valence-corrected chi connectivity index (χ3v) is 9.55. The van der Waals surface area contributed by atoms with Gasteiger partial charge in [0.1, 0.15) is 12.1 Å². The number of nitrogens with zero attached hydrogens (tertiary/aromatic N) is 4. The number of anilines is 2. The van der Waals surface area contributed by atoms with Gasteiger partial charge in [-0.3, -0.25) is 57.4 Å². The SMILES string of the molecule is O=C(NC1=NNC2NC(C3(C4NC5NN=C(NC(=O)Nc6ccc(Cl)cc6)N5NC4=O)Cc4ccccc4C3=O)C(=O)NN12)Nc1ccc(Cl)cc1. The number of fused-ring (bicyclic) bond motifs is 3. The molecule has 4 unspecified atom stereocenters. The standard InChI is InChI=1S/C31H28Cl2N14O5/c32-15-5-9-17(10-6-15)34-29(51)38-27-42-40-25-36-20(23(49)44-46(25)27)31(13-14-3-1-2-4-19(14)22(31)48)21-24(50)45-47-26(37-21)41-43-28(47)39-30(52)35-18-11-7-16(33)8-12-18/h1-12,20-21,25-26,36-37,40-41H,13H2,(H,44,49)(H,45,50)(H2,34,38,42,51)(H2,35,39,43,52). The van der Waals surface area contributed by atoms with Crippen LogP contribution in [0.2, 0.25) is 10.0 Å². The van der Waals surface area contributed by atoms with Gasteiger partial charge in [0.15, 0.2) is 18.4 Å². The number of hydrazine groups is 2. The predicted octanol–water partition coefficient (Wildman–Crippen LogP) is 0.288. The maximum atomic E-state index is 14.5. The second kappa shape index (κ2) is 12.9. The molecule has 6 amide bonds. The Kier molecular flexibility index (Phi) is 8.17. The van der Waals surface area contributed by atoms with Crippen LogP contribution in [0, 0.1) is 5.41 Å². The third-order valence-electron chi connectivity index (χ3n) is 9.05. The highest BCUT2D eigenvalue weighted by atomic mass is 35.5. The van der Waals surface area contributed by atoms with Crippen molar-refractivity contribution in [2.24, 2.45) is 15.6 Å². The lowest BCUT2D eigenvalue weighted by molar-refractivity contribution is -0.143. The van der Waals surface area contributed by atoms with Crippen molar-refractivity contribution in [1.29, 1.82) is 0 Å². The van der Waals surface area contributed by atoms with E-state index in [1.54, 1.807) is 72.8 Å². The van der Waals surface area contributed by atoms with Crippen LogP contribution in [0.5, 0.6) is 0 Å². The van der Waals surface area contributed by atoms with E-state index in [4.69, 9.17) is 23.2 Å². The molecule has 10 N–H and O–H groups in total. The molecule has 5 aliphatic rings. The second-order valence-electron chi connectivity index (χ2n) is 12.2. The summed E-state index contributed by atoms with van der Waals surface area (Å²) in [5, 5.41) is 28.5. The van der Waals surface area contributed by atoms with Gasteiger partial charge in [0.2, 0.25) is 11.9 Å². The Morgan fingerprint density at radius 1 is 0.673 bits per heavy atom. The molecule has 52 heavy (non-hydrogen) atoms. The van der Waals surface area contributed by atoms with Crippen LogP contribution in [0.1, 0.15) is 15.9 Å². The summed E-state index contributed by atoms with van der Waals surface area (Å²) in [5.41, 5.74) is 11.3. The van der Waals surface area contributed by atoms with Gasteiger partial charge in [-0.1, -0.05) is 47.5 Å². The molecule has 1 aliphatic carbocycles. The molecule has 266 valence electrons. The van der Waals surface area contributed by atoms with Crippen molar-refractivity contribution in [3.63, 3.8) is 0 Å². The van der Waals surface area contributed by atoms with E-state index < -0.39 is 59.7 Å². The quantitative estimate of drug-likeness (QED) is 0.174. The van der Waals surface area contributed by atoms with Crippen LogP contribution in [-0.4, -0.2) is 76.3 Å². The summed E-state index contributed by atoms with van der Waals surface area (Å²) in [6, 6.07) is 15.9. The van der Waals surface area contributed by atoms with E-state index in [9.17, 15) is 24.0 Å². The molecular weight excluding hydrogens is 719 g/mol. The van der Waals surface area contributed by atoms with Crippen molar-refractivity contribution in [3.05, 3.63) is 94.0 Å². The van der Waals surface area contributed by atoms with Crippen LogP contribution >= 0.6 is 23.2 Å². The summed E-state index contributed by atoms with van der Waals surface area (Å²) in [6.07, 6.45) is -1.83. The first-order chi connectivity index (χ1) is 25.1. The summed E-state index contributed by atoms with van der Waals surface area (Å²) < 4.78 is 0. The summed E-state index contributed by atoms with van der Waals surface area (Å²) >= 11 is 11.8. The first-order valence-corrected chi connectivity index (χ1v) is 16.5. The number of hydrogen-bond donors (Lipinski definition) is 10. The van der Waals surface area contributed by atoms with Gasteiger partial charge in [0.25, 0.3) is 11.8 Å². The van der Waals surface area contributed by atoms with Crippen molar-refractivity contribution >= 4 is 76.2 Å². The Labute approximate surface area is 303 Å². The van der Waals surface area contributed by atoms with Gasteiger partial charge in [-0.15, -0.1) is 10.2 Å². The summed E-state index contributed by atoms with van der Waals surface area (Å²) in [4.78, 5) is 68.0. The molecule has 0 spiro atoms. The molecular formula is C31H28Cl2N14O5. The number of benzene rings is 3. The van der Waals surface area contributed by atoms with Gasteiger partial charge < -0.3 is 10.6 Å². The lowest BCUT2D eigenvalue weighted by Gasteiger charge is -2.49. The summed E-state index contributed by atoms with van der Waals surface area (Å²) in [7, 11) is 0. The summed E-state index contributed by atoms with van der Waals surface area (Å²) in [6.45, 7) is 0. The molecule has 4 heterocycles. The number of halogens is 2. The van der Waals surface area contributed by atoms with Crippen molar-refractivity contribution in [3.8, 4) is 0 Å². The second-order valence-corrected chi connectivity index (χ2v) is 13.1. The predicted molar refractivity (Wildman–Crippen MR) is 187 cm³/mol. The molecule has 21 heteroatoms. The molecule has 2 fully saturated rings. The number of carbonyl (C=O) groups is 5. The van der Waals surface area contributed by atoms with E-state index in [1.807, 2.05) is 0 Å². The number of rotatable bonds is 4. The number of hydrazone groups is 2. The highest BCUT2D eigenvalue weighted by Crippen LogP contribution is 2.44. The van der Waals surface area contributed by atoms with E-state index >= 15 is 0 Å². The monoisotopic (exact) mass is 746 g/mol. The molecule has 8 rings (SSSR count). The number of nitrogens with one attached hydrogen (secondary N) is 10. The first-order valence-electron chi connectivity index (χ1n) is 15.8. The van der Waals surface area contributed by atoms with Crippen molar-refractivity contribution in [1.82, 2.24) is 53.0 Å². The van der Waals surface area contributed by atoms with Crippen LogP contribution in [0.4, 0.5) is 21.0 Å². The molecule has 4 atom stereocenters.